The van der Waals surface area contributed by atoms with Gasteiger partial charge in [-0.25, -0.2) is 0 Å². The van der Waals surface area contributed by atoms with Gasteiger partial charge in [-0.3, -0.25) is 14.2 Å². The van der Waals surface area contributed by atoms with Crippen LogP contribution in [0.15, 0.2) is 18.2 Å². The van der Waals surface area contributed by atoms with Crippen LogP contribution in [0.1, 0.15) is 50.2 Å². The molecule has 0 aliphatic rings. The summed E-state index contributed by atoms with van der Waals surface area (Å²) in [6, 6.07) is 5.30. The smallest absolute Gasteiger partial charge is 0.274 e. The SMILES string of the molecule is [2H]C([2H])(CC)C([2H])([2H])OCN(C(=O)CS(=O)(=O)O)c1c(CC)cccc1CC. The number of amides is 1. The fourth-order valence-corrected chi connectivity index (χ4v) is 2.74. The van der Waals surface area contributed by atoms with Crippen LogP contribution in [0.2, 0.25) is 0 Å². The normalized spacial score (nSPS) is 15.2. The van der Waals surface area contributed by atoms with E-state index in [9.17, 15) is 13.2 Å². The zero-order valence-electron chi connectivity index (χ0n) is 18.2. The summed E-state index contributed by atoms with van der Waals surface area (Å²) < 4.78 is 67.9. The molecule has 24 heavy (non-hydrogen) atoms. The van der Waals surface area contributed by atoms with Crippen LogP contribution < -0.4 is 4.90 Å². The number of benzene rings is 1. The molecule has 1 aromatic rings. The molecule has 0 atom stereocenters. The van der Waals surface area contributed by atoms with E-state index in [-0.39, 0.29) is 6.42 Å². The van der Waals surface area contributed by atoms with Crippen molar-refractivity contribution < 1.29 is 28.0 Å². The van der Waals surface area contributed by atoms with Crippen LogP contribution in [0, 0.1) is 0 Å². The molecule has 0 aliphatic carbocycles. The maximum absolute atomic E-state index is 12.6. The molecule has 1 N–H and O–H groups in total. The summed E-state index contributed by atoms with van der Waals surface area (Å²) in [4.78, 5) is 13.6. The summed E-state index contributed by atoms with van der Waals surface area (Å²) in [7, 11) is -4.62. The van der Waals surface area contributed by atoms with Gasteiger partial charge in [0.05, 0.1) is 8.43 Å². The van der Waals surface area contributed by atoms with E-state index in [1.54, 1.807) is 18.2 Å². The van der Waals surface area contributed by atoms with Gasteiger partial charge in [-0.05, 0) is 30.3 Å². The molecule has 1 amide bonds. The van der Waals surface area contributed by atoms with E-state index in [1.807, 2.05) is 13.8 Å². The molecule has 7 heteroatoms. The molecule has 0 saturated carbocycles. The number of carbonyl (C=O) groups excluding carboxylic acids is 1. The Labute approximate surface area is 150 Å². The quantitative estimate of drug-likeness (QED) is 0.512. The van der Waals surface area contributed by atoms with Gasteiger partial charge in [-0.15, -0.1) is 0 Å². The highest BCUT2D eigenvalue weighted by Gasteiger charge is 2.25. The van der Waals surface area contributed by atoms with Crippen LogP contribution in [-0.4, -0.2) is 37.9 Å². The van der Waals surface area contributed by atoms with E-state index in [0.717, 1.165) is 4.90 Å². The lowest BCUT2D eigenvalue weighted by Gasteiger charge is -2.27. The number of hydrogen-bond acceptors (Lipinski definition) is 4. The van der Waals surface area contributed by atoms with Crippen molar-refractivity contribution in [3.8, 4) is 0 Å². The van der Waals surface area contributed by atoms with E-state index in [4.69, 9.17) is 14.8 Å². The molecule has 0 unspecified atom stereocenters. The van der Waals surface area contributed by atoms with Crippen LogP contribution >= 0.6 is 0 Å². The first-order valence-electron chi connectivity index (χ1n) is 9.79. The standard InChI is InChI=1S/C17H27NO5S/c1-4-7-11-23-13-18(16(19)12-24(20,21)22)17-14(5-2)9-8-10-15(17)6-3/h8-10H,4-7,11-13H2,1-3H3,(H,20,21,22)/i7D2,11D2. The highest BCUT2D eigenvalue weighted by Crippen LogP contribution is 2.27. The van der Waals surface area contributed by atoms with Gasteiger partial charge in [-0.2, -0.15) is 8.42 Å². The minimum absolute atomic E-state index is 0.162. The Morgan fingerprint density at radius 3 is 2.29 bits per heavy atom. The van der Waals surface area contributed by atoms with Gasteiger partial charge in [0.25, 0.3) is 10.1 Å². The second kappa shape index (κ2) is 9.76. The lowest BCUT2D eigenvalue weighted by Crippen LogP contribution is -2.38. The third kappa shape index (κ3) is 6.22. The number of hydrogen-bond donors (Lipinski definition) is 1. The summed E-state index contributed by atoms with van der Waals surface area (Å²) in [5.41, 5.74) is 1.81. The zero-order valence-corrected chi connectivity index (χ0v) is 15.0. The fraction of sp³-hybridized carbons (Fsp3) is 0.588. The Hall–Kier alpha value is -1.44. The number of anilines is 1. The number of para-hydroxylation sites is 1. The largest absolute Gasteiger partial charge is 0.361 e. The van der Waals surface area contributed by atoms with Crippen LogP contribution in [0.25, 0.3) is 0 Å². The zero-order chi connectivity index (χ0) is 21.8. The van der Waals surface area contributed by atoms with Gasteiger partial charge in [0.1, 0.15) is 6.73 Å². The maximum atomic E-state index is 12.6. The average Bonchev–Trinajstić information content (AvgIpc) is 2.59. The second-order valence-corrected chi connectivity index (χ2v) is 6.54. The molecule has 0 heterocycles. The number of rotatable bonds is 10. The molecule has 0 fully saturated rings. The molecule has 0 radical (unpaired) electrons. The number of aryl methyl sites for hydroxylation is 2. The summed E-state index contributed by atoms with van der Waals surface area (Å²) in [6.45, 7) is 1.74. The lowest BCUT2D eigenvalue weighted by atomic mass is 10.0. The van der Waals surface area contributed by atoms with Gasteiger partial charge in [0, 0.05) is 9.30 Å². The predicted molar refractivity (Wildman–Crippen MR) is 94.8 cm³/mol. The molecule has 6 nitrogen and oxygen atoms in total. The monoisotopic (exact) mass is 361 g/mol. The summed E-state index contributed by atoms with van der Waals surface area (Å²) in [5.74, 6) is -2.19. The molecular weight excluding hydrogens is 330 g/mol. The Kier molecular flexibility index (Phi) is 6.04. The molecule has 0 aromatic heterocycles. The van der Waals surface area contributed by atoms with E-state index in [1.165, 1.54) is 6.92 Å². The van der Waals surface area contributed by atoms with Crippen molar-refractivity contribution in [2.24, 2.45) is 0 Å². The van der Waals surface area contributed by atoms with Gasteiger partial charge < -0.3 is 4.74 Å². The van der Waals surface area contributed by atoms with Crippen molar-refractivity contribution in [1.82, 2.24) is 0 Å². The summed E-state index contributed by atoms with van der Waals surface area (Å²) in [5, 5.41) is 0. The van der Waals surface area contributed by atoms with Crippen molar-refractivity contribution in [2.75, 3.05) is 23.9 Å². The third-order valence-corrected chi connectivity index (χ3v) is 3.97. The summed E-state index contributed by atoms with van der Waals surface area (Å²) >= 11 is 0. The first kappa shape index (κ1) is 14.9. The molecule has 1 rings (SSSR count). The van der Waals surface area contributed by atoms with Crippen molar-refractivity contribution in [2.45, 2.75) is 46.4 Å². The van der Waals surface area contributed by atoms with Crippen molar-refractivity contribution in [3.05, 3.63) is 29.3 Å². The molecule has 0 aliphatic heterocycles. The Morgan fingerprint density at radius 1 is 1.25 bits per heavy atom. The molecular formula is C17H27NO5S. The van der Waals surface area contributed by atoms with Gasteiger partial charge in [0.2, 0.25) is 5.91 Å². The summed E-state index contributed by atoms with van der Waals surface area (Å²) in [6.07, 6.45) is -1.45. The highest BCUT2D eigenvalue weighted by atomic mass is 32.2. The highest BCUT2D eigenvalue weighted by molar-refractivity contribution is 7.86. The third-order valence-electron chi connectivity index (χ3n) is 3.36. The van der Waals surface area contributed by atoms with Crippen LogP contribution in [0.5, 0.6) is 0 Å². The fourth-order valence-electron chi connectivity index (χ4n) is 2.28. The molecule has 0 bridgehead atoms. The minimum atomic E-state index is -4.62. The molecule has 0 saturated heterocycles. The van der Waals surface area contributed by atoms with E-state index >= 15 is 0 Å². The predicted octanol–water partition coefficient (Wildman–Crippen LogP) is 2.81. The average molecular weight is 361 g/mol. The van der Waals surface area contributed by atoms with Gasteiger partial charge in [0.15, 0.2) is 5.75 Å². The van der Waals surface area contributed by atoms with Crippen molar-refractivity contribution >= 4 is 21.7 Å². The van der Waals surface area contributed by atoms with Crippen molar-refractivity contribution in [1.29, 1.82) is 0 Å². The van der Waals surface area contributed by atoms with Gasteiger partial charge in [-0.1, -0.05) is 45.4 Å². The Morgan fingerprint density at radius 2 is 1.83 bits per heavy atom. The van der Waals surface area contributed by atoms with E-state index in [0.29, 0.717) is 29.7 Å². The maximum Gasteiger partial charge on any atom is 0.274 e. The van der Waals surface area contributed by atoms with E-state index < -0.39 is 41.4 Å². The van der Waals surface area contributed by atoms with Crippen LogP contribution in [0.3, 0.4) is 0 Å². The first-order valence-corrected chi connectivity index (χ1v) is 9.40. The molecule has 1 aromatic carbocycles. The Balaban J connectivity index is 3.39. The number of nitrogens with zero attached hydrogens (tertiary/aromatic N) is 1. The topological polar surface area (TPSA) is 83.9 Å². The molecule has 136 valence electrons. The van der Waals surface area contributed by atoms with Gasteiger partial charge >= 0.3 is 0 Å². The van der Waals surface area contributed by atoms with E-state index in [2.05, 4.69) is 0 Å². The first-order chi connectivity index (χ1) is 12.8. The molecule has 0 spiro atoms. The number of ether oxygens (including phenoxy) is 1. The minimum Gasteiger partial charge on any atom is -0.361 e. The lowest BCUT2D eigenvalue weighted by molar-refractivity contribution is -0.117. The Bertz CT molecular complexity index is 776. The van der Waals surface area contributed by atoms with Crippen molar-refractivity contribution in [3.63, 3.8) is 0 Å². The van der Waals surface area contributed by atoms with Crippen LogP contribution in [0.4, 0.5) is 5.69 Å². The van der Waals surface area contributed by atoms with Crippen LogP contribution in [-0.2, 0) is 32.5 Å². The number of carbonyl (C=O) groups is 1. The second-order valence-electron chi connectivity index (χ2n) is 5.09.